The van der Waals surface area contributed by atoms with Crippen LogP contribution in [0.5, 0.6) is 5.75 Å². The van der Waals surface area contributed by atoms with Gasteiger partial charge in [0, 0.05) is 29.1 Å². The lowest BCUT2D eigenvalue weighted by molar-refractivity contribution is -0.116. The molecule has 0 bridgehead atoms. The second-order valence-corrected chi connectivity index (χ2v) is 7.33. The van der Waals surface area contributed by atoms with Gasteiger partial charge in [-0.15, -0.1) is 0 Å². The highest BCUT2D eigenvalue weighted by molar-refractivity contribution is 5.98. The summed E-state index contributed by atoms with van der Waals surface area (Å²) in [6, 6.07) is 12.2. The van der Waals surface area contributed by atoms with Crippen molar-refractivity contribution in [2.24, 2.45) is 0 Å². The van der Waals surface area contributed by atoms with E-state index in [1.807, 2.05) is 45.9 Å². The van der Waals surface area contributed by atoms with Gasteiger partial charge in [-0.25, -0.2) is 0 Å². The van der Waals surface area contributed by atoms with E-state index in [1.165, 1.54) is 5.56 Å². The van der Waals surface area contributed by atoms with Gasteiger partial charge in [0.05, 0.1) is 6.61 Å². The molecule has 0 spiro atoms. The molecule has 4 nitrogen and oxygen atoms in total. The van der Waals surface area contributed by atoms with Gasteiger partial charge in [-0.05, 0) is 63.8 Å². The minimum absolute atomic E-state index is 0.0984. The maximum Gasteiger partial charge on any atom is 0.244 e. The average molecular weight is 392 g/mol. The van der Waals surface area contributed by atoms with Gasteiger partial charge in [0.2, 0.25) is 5.91 Å². The molecule has 3 aromatic rings. The van der Waals surface area contributed by atoms with E-state index in [0.29, 0.717) is 13.2 Å². The zero-order valence-corrected chi connectivity index (χ0v) is 17.9. The second-order valence-electron chi connectivity index (χ2n) is 7.33. The van der Waals surface area contributed by atoms with E-state index in [-0.39, 0.29) is 5.91 Å². The third-order valence-electron chi connectivity index (χ3n) is 5.26. The number of ether oxygens (including phenoxy) is 1. The Morgan fingerprint density at radius 2 is 1.86 bits per heavy atom. The number of nitrogens with one attached hydrogen (secondary N) is 1. The van der Waals surface area contributed by atoms with Crippen molar-refractivity contribution in [3.8, 4) is 5.75 Å². The second kappa shape index (κ2) is 8.99. The van der Waals surface area contributed by atoms with Crippen molar-refractivity contribution in [1.29, 1.82) is 0 Å². The van der Waals surface area contributed by atoms with Gasteiger partial charge in [0.15, 0.2) is 0 Å². The Morgan fingerprint density at radius 3 is 2.55 bits per heavy atom. The third-order valence-corrected chi connectivity index (χ3v) is 5.26. The summed E-state index contributed by atoms with van der Waals surface area (Å²) in [6.07, 6.45) is 2.46. The molecule has 0 unspecified atom stereocenters. The number of hydrogen-bond acceptors (Lipinski definition) is 3. The molecule has 1 amide bonds. The van der Waals surface area contributed by atoms with Crippen molar-refractivity contribution in [2.75, 3.05) is 13.2 Å². The average Bonchev–Trinajstić information content (AvgIpc) is 2.99. The number of rotatable bonds is 7. The summed E-state index contributed by atoms with van der Waals surface area (Å²) in [7, 11) is 0. The molecule has 0 fully saturated rings. The molecule has 0 radical (unpaired) electrons. The van der Waals surface area contributed by atoms with E-state index in [0.717, 1.165) is 51.2 Å². The number of carbonyl (C=O) groups excluding carboxylic acids is 1. The molecule has 0 saturated heterocycles. The van der Waals surface area contributed by atoms with Gasteiger partial charge in [-0.3, -0.25) is 4.79 Å². The van der Waals surface area contributed by atoms with E-state index >= 15 is 0 Å². The van der Waals surface area contributed by atoms with Gasteiger partial charge in [0.1, 0.15) is 17.1 Å². The van der Waals surface area contributed by atoms with Gasteiger partial charge < -0.3 is 14.5 Å². The van der Waals surface area contributed by atoms with Crippen molar-refractivity contribution in [3.63, 3.8) is 0 Å². The molecular formula is C25H29NO3. The highest BCUT2D eigenvalue weighted by atomic mass is 16.5. The van der Waals surface area contributed by atoms with Crippen LogP contribution >= 0.6 is 0 Å². The van der Waals surface area contributed by atoms with Crippen LogP contribution in [0.3, 0.4) is 0 Å². The Labute approximate surface area is 172 Å². The molecule has 0 atom stereocenters. The summed E-state index contributed by atoms with van der Waals surface area (Å²) >= 11 is 0. The Kier molecular flexibility index (Phi) is 6.42. The first-order valence-corrected chi connectivity index (χ1v) is 10.1. The minimum Gasteiger partial charge on any atom is -0.493 e. The fourth-order valence-corrected chi connectivity index (χ4v) is 3.54. The molecule has 1 heterocycles. The normalized spacial score (nSPS) is 11.7. The van der Waals surface area contributed by atoms with Gasteiger partial charge in [0.25, 0.3) is 0 Å². The highest BCUT2D eigenvalue weighted by Gasteiger charge is 2.18. The fraction of sp³-hybridized carbons (Fsp3) is 0.320. The number of fused-ring (bicyclic) bond motifs is 1. The number of furan rings is 1. The molecule has 29 heavy (non-hydrogen) atoms. The van der Waals surface area contributed by atoms with Crippen LogP contribution in [-0.2, 0) is 11.2 Å². The summed E-state index contributed by atoms with van der Waals surface area (Å²) in [4.78, 5) is 12.5. The fourth-order valence-electron chi connectivity index (χ4n) is 3.54. The van der Waals surface area contributed by atoms with Crippen LogP contribution in [0.15, 0.2) is 46.9 Å². The van der Waals surface area contributed by atoms with Crippen LogP contribution in [0, 0.1) is 20.8 Å². The minimum atomic E-state index is -0.0984. The largest absolute Gasteiger partial charge is 0.493 e. The maximum absolute atomic E-state index is 12.5. The van der Waals surface area contributed by atoms with Crippen molar-refractivity contribution in [1.82, 2.24) is 5.32 Å². The first kappa shape index (κ1) is 20.7. The van der Waals surface area contributed by atoms with E-state index in [9.17, 15) is 4.79 Å². The molecule has 1 aromatic heterocycles. The predicted molar refractivity (Wildman–Crippen MR) is 118 cm³/mol. The number of allylic oxidation sites excluding steroid dienone is 1. The summed E-state index contributed by atoms with van der Waals surface area (Å²) in [5.41, 5.74) is 5.94. The van der Waals surface area contributed by atoms with E-state index in [2.05, 4.69) is 30.4 Å². The van der Waals surface area contributed by atoms with Crippen molar-refractivity contribution in [2.45, 2.75) is 41.0 Å². The predicted octanol–water partition coefficient (Wildman–Crippen LogP) is 5.52. The smallest absolute Gasteiger partial charge is 0.244 e. The molecule has 3 rings (SSSR count). The Hall–Kier alpha value is -3.01. The lowest BCUT2D eigenvalue weighted by atomic mass is 9.98. The molecule has 1 N–H and O–H groups in total. The first-order chi connectivity index (χ1) is 13.9. The Bertz CT molecular complexity index is 1050. The number of benzene rings is 2. The number of hydrogen-bond donors (Lipinski definition) is 1. The van der Waals surface area contributed by atoms with Crippen LogP contribution in [0.1, 0.15) is 41.9 Å². The lowest BCUT2D eigenvalue weighted by Gasteiger charge is -2.14. The first-order valence-electron chi connectivity index (χ1n) is 10.1. The molecule has 4 heteroatoms. The zero-order chi connectivity index (χ0) is 21.0. The molecule has 2 aromatic carbocycles. The van der Waals surface area contributed by atoms with Crippen LogP contribution in [-0.4, -0.2) is 19.1 Å². The van der Waals surface area contributed by atoms with Crippen molar-refractivity contribution < 1.29 is 13.9 Å². The van der Waals surface area contributed by atoms with Crippen molar-refractivity contribution in [3.05, 3.63) is 70.5 Å². The zero-order valence-electron chi connectivity index (χ0n) is 17.9. The quantitative estimate of drug-likeness (QED) is 0.540. The van der Waals surface area contributed by atoms with Crippen LogP contribution < -0.4 is 10.1 Å². The molecular weight excluding hydrogens is 362 g/mol. The molecule has 0 saturated carbocycles. The number of aryl methyl sites for hydroxylation is 3. The van der Waals surface area contributed by atoms with E-state index in [4.69, 9.17) is 9.15 Å². The monoisotopic (exact) mass is 391 g/mol. The van der Waals surface area contributed by atoms with Crippen molar-refractivity contribution >= 4 is 22.4 Å². The number of carbonyl (C=O) groups is 1. The summed E-state index contributed by atoms with van der Waals surface area (Å²) in [5.74, 6) is 1.58. The van der Waals surface area contributed by atoms with Crippen LogP contribution in [0.25, 0.3) is 16.5 Å². The molecule has 0 aliphatic rings. The van der Waals surface area contributed by atoms with E-state index in [1.54, 1.807) is 6.08 Å². The Morgan fingerprint density at radius 1 is 1.14 bits per heavy atom. The third kappa shape index (κ3) is 4.53. The van der Waals surface area contributed by atoms with Gasteiger partial charge in [-0.1, -0.05) is 30.3 Å². The standard InChI is InChI=1S/C25H29NO3/c1-6-28-24-18(4)25-22(17(3)19(5)29-25)15-21(24)16(2)14-23(27)26-13-12-20-10-8-7-9-11-20/h7-11,14-15H,6,12-13H2,1-5H3,(H,26,27)/b16-14+. The van der Waals surface area contributed by atoms with Crippen LogP contribution in [0.4, 0.5) is 0 Å². The SMILES string of the molecule is CCOc1c(/C(C)=C/C(=O)NCCc2ccccc2)cc2c(C)c(C)oc2c1C. The van der Waals surface area contributed by atoms with E-state index < -0.39 is 0 Å². The van der Waals surface area contributed by atoms with Gasteiger partial charge in [-0.2, -0.15) is 0 Å². The summed E-state index contributed by atoms with van der Waals surface area (Å²) in [5, 5.41) is 4.04. The Balaban J connectivity index is 1.84. The molecule has 0 aliphatic carbocycles. The maximum atomic E-state index is 12.5. The highest BCUT2D eigenvalue weighted by Crippen LogP contribution is 2.38. The molecule has 152 valence electrons. The van der Waals surface area contributed by atoms with Crippen LogP contribution in [0.2, 0.25) is 0 Å². The summed E-state index contributed by atoms with van der Waals surface area (Å²) < 4.78 is 11.9. The lowest BCUT2D eigenvalue weighted by Crippen LogP contribution is -2.23. The summed E-state index contributed by atoms with van der Waals surface area (Å²) in [6.45, 7) is 11.1. The topological polar surface area (TPSA) is 51.5 Å². The number of amides is 1. The van der Waals surface area contributed by atoms with Gasteiger partial charge >= 0.3 is 0 Å². The molecule has 0 aliphatic heterocycles.